The number of rotatable bonds is 2. The highest BCUT2D eigenvalue weighted by Gasteiger charge is 2.09. The van der Waals surface area contributed by atoms with Crippen LogP contribution in [0.1, 0.15) is 11.3 Å². The van der Waals surface area contributed by atoms with Gasteiger partial charge in [-0.3, -0.25) is 0 Å². The van der Waals surface area contributed by atoms with Gasteiger partial charge in [0.1, 0.15) is 10.8 Å². The Morgan fingerprint density at radius 2 is 2.27 bits per heavy atom. The summed E-state index contributed by atoms with van der Waals surface area (Å²) in [4.78, 5) is 4.25. The molecule has 1 heterocycles. The summed E-state index contributed by atoms with van der Waals surface area (Å²) in [6, 6.07) is 5.01. The van der Waals surface area contributed by atoms with Crippen LogP contribution in [0.4, 0.5) is 4.39 Å². The number of alkyl halides is 1. The molecule has 0 radical (unpaired) electrons. The quantitative estimate of drug-likeness (QED) is 0.725. The molecule has 0 fully saturated rings. The summed E-state index contributed by atoms with van der Waals surface area (Å²) in [5, 5.41) is 2.54. The summed E-state index contributed by atoms with van der Waals surface area (Å²) in [6.07, 6.45) is 0. The lowest BCUT2D eigenvalue weighted by Gasteiger charge is -2.00. The zero-order valence-electron chi connectivity index (χ0n) is 8.13. The molecule has 15 heavy (non-hydrogen) atoms. The molecule has 0 saturated carbocycles. The fourth-order valence-corrected chi connectivity index (χ4v) is 2.36. The van der Waals surface area contributed by atoms with Gasteiger partial charge in [0.2, 0.25) is 0 Å². The number of thiazole rings is 1. The summed E-state index contributed by atoms with van der Waals surface area (Å²) < 4.78 is 13.5. The van der Waals surface area contributed by atoms with Crippen LogP contribution < -0.4 is 0 Å². The van der Waals surface area contributed by atoms with Gasteiger partial charge in [0, 0.05) is 10.9 Å². The second kappa shape index (κ2) is 4.29. The first kappa shape index (κ1) is 10.6. The third-order valence-corrected chi connectivity index (χ3v) is 3.24. The van der Waals surface area contributed by atoms with Gasteiger partial charge in [-0.15, -0.1) is 22.9 Å². The molecule has 0 spiro atoms. The van der Waals surface area contributed by atoms with E-state index in [1.54, 1.807) is 12.1 Å². The topological polar surface area (TPSA) is 12.9 Å². The number of aromatic nitrogens is 1. The van der Waals surface area contributed by atoms with E-state index in [0.717, 1.165) is 11.3 Å². The van der Waals surface area contributed by atoms with E-state index in [-0.39, 0.29) is 5.82 Å². The van der Waals surface area contributed by atoms with E-state index in [2.05, 4.69) is 4.98 Å². The van der Waals surface area contributed by atoms with Crippen molar-refractivity contribution >= 4 is 22.9 Å². The molecule has 0 aliphatic rings. The Bertz CT molecular complexity index is 481. The fourth-order valence-electron chi connectivity index (χ4n) is 1.30. The lowest BCUT2D eigenvalue weighted by atomic mass is 10.1. The molecule has 2 rings (SSSR count). The molecule has 0 aliphatic heterocycles. The summed E-state index contributed by atoms with van der Waals surface area (Å²) in [6.45, 7) is 1.93. The molecule has 0 amide bonds. The summed E-state index contributed by atoms with van der Waals surface area (Å²) >= 11 is 7.06. The van der Waals surface area contributed by atoms with Crippen molar-refractivity contribution in [3.8, 4) is 10.6 Å². The lowest BCUT2D eigenvalue weighted by Crippen LogP contribution is -1.85. The molecule has 0 bridgehead atoms. The summed E-state index contributed by atoms with van der Waals surface area (Å²) in [7, 11) is 0. The van der Waals surface area contributed by atoms with Gasteiger partial charge in [0.25, 0.3) is 0 Å². The predicted molar refractivity (Wildman–Crippen MR) is 61.8 cm³/mol. The Kier molecular flexibility index (Phi) is 3.03. The molecule has 0 atom stereocenters. The Balaban J connectivity index is 2.48. The largest absolute Gasteiger partial charge is 0.240 e. The molecule has 0 saturated heterocycles. The number of nitrogens with zero attached hydrogens (tertiary/aromatic N) is 1. The van der Waals surface area contributed by atoms with Gasteiger partial charge in [-0.2, -0.15) is 0 Å². The molecule has 1 aromatic heterocycles. The van der Waals surface area contributed by atoms with Crippen molar-refractivity contribution in [1.82, 2.24) is 4.98 Å². The molecule has 2 aromatic rings. The van der Waals surface area contributed by atoms with Crippen molar-refractivity contribution in [2.45, 2.75) is 12.8 Å². The van der Waals surface area contributed by atoms with Crippen molar-refractivity contribution in [3.05, 3.63) is 40.7 Å². The SMILES string of the molecule is Cc1ccc(F)c(-c2nc(CCl)cs2)c1. The van der Waals surface area contributed by atoms with Crippen LogP contribution in [0.2, 0.25) is 0 Å². The highest BCUT2D eigenvalue weighted by Crippen LogP contribution is 2.27. The van der Waals surface area contributed by atoms with Crippen LogP contribution in [0, 0.1) is 12.7 Å². The van der Waals surface area contributed by atoms with Crippen LogP contribution in [0.15, 0.2) is 23.6 Å². The Hall–Kier alpha value is -0.930. The minimum Gasteiger partial charge on any atom is -0.240 e. The normalized spacial score (nSPS) is 10.6. The minimum atomic E-state index is -0.240. The second-order valence-corrected chi connectivity index (χ2v) is 4.39. The predicted octanol–water partition coefficient (Wildman–Crippen LogP) is 4.00. The Morgan fingerprint density at radius 1 is 1.47 bits per heavy atom. The number of aryl methyl sites for hydroxylation is 1. The fraction of sp³-hybridized carbons (Fsp3) is 0.182. The first-order valence-electron chi connectivity index (χ1n) is 4.47. The minimum absolute atomic E-state index is 0.240. The second-order valence-electron chi connectivity index (χ2n) is 3.26. The number of benzene rings is 1. The van der Waals surface area contributed by atoms with Crippen molar-refractivity contribution in [1.29, 1.82) is 0 Å². The number of hydrogen-bond acceptors (Lipinski definition) is 2. The maximum absolute atomic E-state index is 13.5. The summed E-state index contributed by atoms with van der Waals surface area (Å²) in [5.41, 5.74) is 2.36. The molecule has 1 aromatic carbocycles. The highest BCUT2D eigenvalue weighted by molar-refractivity contribution is 7.13. The lowest BCUT2D eigenvalue weighted by molar-refractivity contribution is 0.630. The first-order chi connectivity index (χ1) is 7.20. The molecule has 0 N–H and O–H groups in total. The van der Waals surface area contributed by atoms with Crippen molar-refractivity contribution in [3.63, 3.8) is 0 Å². The zero-order chi connectivity index (χ0) is 10.8. The van der Waals surface area contributed by atoms with Crippen molar-refractivity contribution < 1.29 is 4.39 Å². The zero-order valence-corrected chi connectivity index (χ0v) is 9.70. The van der Waals surface area contributed by atoms with Gasteiger partial charge in [0.15, 0.2) is 0 Å². The van der Waals surface area contributed by atoms with Crippen LogP contribution in [0.25, 0.3) is 10.6 Å². The number of halogens is 2. The maximum atomic E-state index is 13.5. The van der Waals surface area contributed by atoms with Gasteiger partial charge >= 0.3 is 0 Å². The Morgan fingerprint density at radius 3 is 2.93 bits per heavy atom. The molecule has 4 heteroatoms. The maximum Gasteiger partial charge on any atom is 0.133 e. The molecule has 1 nitrogen and oxygen atoms in total. The van der Waals surface area contributed by atoms with Crippen LogP contribution in [0.3, 0.4) is 0 Å². The van der Waals surface area contributed by atoms with Gasteiger partial charge in [-0.25, -0.2) is 9.37 Å². The highest BCUT2D eigenvalue weighted by atomic mass is 35.5. The monoisotopic (exact) mass is 241 g/mol. The standard InChI is InChI=1S/C11H9ClFNS/c1-7-2-3-10(13)9(4-7)11-14-8(5-12)6-15-11/h2-4,6H,5H2,1H3. The average molecular weight is 242 g/mol. The number of hydrogen-bond donors (Lipinski definition) is 0. The van der Waals surface area contributed by atoms with Crippen molar-refractivity contribution in [2.75, 3.05) is 0 Å². The van der Waals surface area contributed by atoms with Gasteiger partial charge < -0.3 is 0 Å². The van der Waals surface area contributed by atoms with E-state index in [9.17, 15) is 4.39 Å². The Labute approximate surface area is 96.5 Å². The van der Waals surface area contributed by atoms with Crippen LogP contribution in [0.5, 0.6) is 0 Å². The van der Waals surface area contributed by atoms with Crippen molar-refractivity contribution in [2.24, 2.45) is 0 Å². The van der Waals surface area contributed by atoms with Crippen LogP contribution in [-0.4, -0.2) is 4.98 Å². The van der Waals surface area contributed by atoms with Crippen LogP contribution >= 0.6 is 22.9 Å². The molecule has 78 valence electrons. The van der Waals surface area contributed by atoms with Gasteiger partial charge in [-0.05, 0) is 19.1 Å². The smallest absolute Gasteiger partial charge is 0.133 e. The van der Waals surface area contributed by atoms with E-state index < -0.39 is 0 Å². The van der Waals surface area contributed by atoms with E-state index in [1.807, 2.05) is 12.3 Å². The molecular weight excluding hydrogens is 233 g/mol. The third kappa shape index (κ3) is 2.19. The van der Waals surface area contributed by atoms with E-state index in [1.165, 1.54) is 17.4 Å². The van der Waals surface area contributed by atoms with E-state index in [0.29, 0.717) is 16.5 Å². The third-order valence-electron chi connectivity index (χ3n) is 2.04. The molecule has 0 aliphatic carbocycles. The summed E-state index contributed by atoms with van der Waals surface area (Å²) in [5.74, 6) is 0.125. The van der Waals surface area contributed by atoms with E-state index >= 15 is 0 Å². The van der Waals surface area contributed by atoms with E-state index in [4.69, 9.17) is 11.6 Å². The van der Waals surface area contributed by atoms with Crippen LogP contribution in [-0.2, 0) is 5.88 Å². The van der Waals surface area contributed by atoms with Gasteiger partial charge in [0.05, 0.1) is 11.6 Å². The molecular formula is C11H9ClFNS. The van der Waals surface area contributed by atoms with Gasteiger partial charge in [-0.1, -0.05) is 11.6 Å². The molecule has 0 unspecified atom stereocenters. The average Bonchev–Trinajstić information content (AvgIpc) is 2.70. The first-order valence-corrected chi connectivity index (χ1v) is 5.89.